The van der Waals surface area contributed by atoms with Crippen LogP contribution in [0.4, 0.5) is 18.3 Å². The Morgan fingerprint density at radius 2 is 1.98 bits per heavy atom. The Morgan fingerprint density at radius 1 is 1.32 bits per heavy atom. The van der Waals surface area contributed by atoms with Crippen molar-refractivity contribution in [3.8, 4) is 12.3 Å². The van der Waals surface area contributed by atoms with Crippen LogP contribution in [0.1, 0.15) is 12.1 Å². The second-order valence-corrected chi connectivity index (χ2v) is 10.2. The van der Waals surface area contributed by atoms with Crippen molar-refractivity contribution < 1.29 is 52.6 Å². The zero-order valence-corrected chi connectivity index (χ0v) is 22.0. The maximum Gasteiger partial charge on any atom is 0.490 e. The van der Waals surface area contributed by atoms with Crippen molar-refractivity contribution >= 4 is 63.5 Å². The van der Waals surface area contributed by atoms with Gasteiger partial charge >= 0.3 is 18.1 Å². The quantitative estimate of drug-likeness (QED) is 0.0609. The number of Topliss-reactive ketones (excluding diaryl/α,β-unsaturated/α-hetero) is 1. The normalized spacial score (nSPS) is 23.1. The van der Waals surface area contributed by atoms with Gasteiger partial charge in [-0.3, -0.25) is 19.3 Å². The van der Waals surface area contributed by atoms with E-state index in [0.717, 1.165) is 16.2 Å². The third-order valence-electron chi connectivity index (χ3n) is 5.71. The Hall–Kier alpha value is -4.41. The highest BCUT2D eigenvalue weighted by molar-refractivity contribution is 8.00. The van der Waals surface area contributed by atoms with Gasteiger partial charge in [0.15, 0.2) is 10.8 Å². The number of carbonyl (C=O) groups excluding carboxylic acids is 3. The molecular weight excluding hydrogens is 597 g/mol. The smallest absolute Gasteiger partial charge is 0.477 e. The minimum Gasteiger partial charge on any atom is -0.477 e. The van der Waals surface area contributed by atoms with Crippen molar-refractivity contribution in [3.63, 3.8) is 0 Å². The number of rotatable bonds is 6. The maximum atomic E-state index is 12.9. The van der Waals surface area contributed by atoms with Crippen molar-refractivity contribution in [3.05, 3.63) is 34.0 Å². The van der Waals surface area contributed by atoms with Gasteiger partial charge in [-0.05, 0) is 30.0 Å². The number of nitrogens with one attached hydrogen (secondary N) is 2. The van der Waals surface area contributed by atoms with Crippen molar-refractivity contribution in [2.45, 2.75) is 30.1 Å². The van der Waals surface area contributed by atoms with E-state index in [1.165, 1.54) is 17.1 Å². The first-order valence-electron chi connectivity index (χ1n) is 11.1. The number of nitrogens with two attached hydrogens (primary N) is 1. The molecular formula is C22H19F3N6O8S2. The number of alkyl halides is 3. The standard InChI is InChI=1S/C20H18N6O6S2.C2HF3O2/c1-2-11(27)12-8(3-4-22-12)5-9-6-33-18-14(17(29)26(18)15(9)19(30)31)24-16(28)13(25-32)10-7-34-20(21)23-10;3-2(4,5)1(6)7/h1,5,7,12,14,18,22,32H,3-4,6H2,(H2,21,23)(H,24,28)(H,30,31);(H,6,7)/b8-5+,25-13-;/t12?,14-,18-;/m1./s1. The molecule has 1 aromatic heterocycles. The number of hydrogen-bond acceptors (Lipinski definition) is 12. The fourth-order valence-corrected chi connectivity index (χ4v) is 5.79. The number of aliphatic carboxylic acids is 2. The first-order chi connectivity index (χ1) is 19.2. The molecule has 41 heavy (non-hydrogen) atoms. The number of hydrogen-bond donors (Lipinski definition) is 6. The molecule has 7 N–H and O–H groups in total. The molecule has 19 heteroatoms. The number of carboxylic acid groups (broad SMARTS) is 2. The summed E-state index contributed by atoms with van der Waals surface area (Å²) in [5.41, 5.74) is 5.98. The third-order valence-corrected chi connectivity index (χ3v) is 7.68. The minimum atomic E-state index is -5.08. The Kier molecular flexibility index (Phi) is 9.42. The molecule has 0 saturated carbocycles. The zero-order chi connectivity index (χ0) is 30.6. The molecule has 3 aliphatic rings. The molecule has 14 nitrogen and oxygen atoms in total. The summed E-state index contributed by atoms with van der Waals surface area (Å²) in [5, 5.41) is 35.5. The van der Waals surface area contributed by atoms with Gasteiger partial charge in [0.25, 0.3) is 11.8 Å². The lowest BCUT2D eigenvalue weighted by atomic mass is 9.98. The van der Waals surface area contributed by atoms with Gasteiger partial charge in [-0.15, -0.1) is 29.5 Å². The number of β-lactam (4-membered cyclic amide) rings is 1. The molecule has 2 fully saturated rings. The summed E-state index contributed by atoms with van der Waals surface area (Å²) < 4.78 is 31.7. The summed E-state index contributed by atoms with van der Waals surface area (Å²) in [7, 11) is 0. The van der Waals surface area contributed by atoms with E-state index in [2.05, 4.69) is 26.7 Å². The van der Waals surface area contributed by atoms with E-state index in [9.17, 15) is 42.7 Å². The number of anilines is 1. The third kappa shape index (κ3) is 6.67. The topological polar surface area (TPSA) is 225 Å². The molecule has 0 aliphatic carbocycles. The molecule has 0 spiro atoms. The number of thioether (sulfide) groups is 1. The number of carboxylic acids is 2. The van der Waals surface area contributed by atoms with Gasteiger partial charge in [0, 0.05) is 11.1 Å². The molecule has 2 amide bonds. The van der Waals surface area contributed by atoms with Crippen LogP contribution in [0.5, 0.6) is 0 Å². The lowest BCUT2D eigenvalue weighted by Gasteiger charge is -2.49. The summed E-state index contributed by atoms with van der Waals surface area (Å²) in [6.07, 6.45) is 2.25. The van der Waals surface area contributed by atoms with Gasteiger partial charge in [-0.25, -0.2) is 14.6 Å². The number of terminal acetylenes is 1. The number of nitrogens with zero attached hydrogens (tertiary/aromatic N) is 3. The first-order valence-corrected chi connectivity index (χ1v) is 13.0. The fourth-order valence-electron chi connectivity index (χ4n) is 3.93. The van der Waals surface area contributed by atoms with E-state index in [1.54, 1.807) is 6.08 Å². The monoisotopic (exact) mass is 616 g/mol. The number of aromatic nitrogens is 1. The number of allylic oxidation sites excluding steroid dienone is 1. The number of halogens is 3. The first kappa shape index (κ1) is 31.1. The van der Waals surface area contributed by atoms with Gasteiger partial charge in [0.1, 0.15) is 28.8 Å². The highest BCUT2D eigenvalue weighted by Gasteiger charge is 2.54. The molecule has 3 atom stereocenters. The zero-order valence-electron chi connectivity index (χ0n) is 20.3. The van der Waals surface area contributed by atoms with Crippen LogP contribution in [0.3, 0.4) is 0 Å². The van der Waals surface area contributed by atoms with Crippen LogP contribution >= 0.6 is 23.1 Å². The minimum absolute atomic E-state index is 0.0451. The van der Waals surface area contributed by atoms with Crippen LogP contribution < -0.4 is 16.4 Å². The fraction of sp³-hybridized carbons (Fsp3) is 0.318. The van der Waals surface area contributed by atoms with Crippen molar-refractivity contribution in [1.82, 2.24) is 20.5 Å². The summed E-state index contributed by atoms with van der Waals surface area (Å²) in [6, 6.07) is -1.72. The summed E-state index contributed by atoms with van der Waals surface area (Å²) in [5.74, 6) is -3.70. The Bertz CT molecular complexity index is 1430. The molecule has 1 aromatic rings. The molecule has 0 aromatic carbocycles. The van der Waals surface area contributed by atoms with Gasteiger partial charge in [-0.2, -0.15) is 13.2 Å². The van der Waals surface area contributed by atoms with Crippen LogP contribution in [-0.2, 0) is 24.0 Å². The maximum absolute atomic E-state index is 12.9. The molecule has 3 aliphatic heterocycles. The highest BCUT2D eigenvalue weighted by atomic mass is 32.2. The molecule has 0 bridgehead atoms. The lowest BCUT2D eigenvalue weighted by Crippen LogP contribution is -2.71. The Balaban J connectivity index is 0.000000587. The molecule has 218 valence electrons. The molecule has 4 heterocycles. The Morgan fingerprint density at radius 3 is 2.49 bits per heavy atom. The van der Waals surface area contributed by atoms with Crippen LogP contribution in [0.2, 0.25) is 0 Å². The SMILES string of the molecule is C#CC(=O)C1NCC/C1=C\C1=C(C(=O)O)N2C(=O)[C@@H](NC(=O)/C(=N\O)c3csc(N)n3)[C@H]2SC1.O=C(O)C(F)(F)F. The number of amides is 2. The van der Waals surface area contributed by atoms with E-state index in [4.69, 9.17) is 22.1 Å². The molecule has 0 radical (unpaired) electrons. The largest absolute Gasteiger partial charge is 0.490 e. The van der Waals surface area contributed by atoms with Crippen LogP contribution in [0.25, 0.3) is 0 Å². The second kappa shape index (κ2) is 12.4. The average molecular weight is 617 g/mol. The summed E-state index contributed by atoms with van der Waals surface area (Å²) >= 11 is 2.30. The van der Waals surface area contributed by atoms with Crippen molar-refractivity contribution in [2.24, 2.45) is 5.16 Å². The number of fused-ring (bicyclic) bond motifs is 1. The van der Waals surface area contributed by atoms with Crippen LogP contribution in [-0.4, -0.2) is 96.5 Å². The summed E-state index contributed by atoms with van der Waals surface area (Å²) in [4.78, 5) is 63.4. The van der Waals surface area contributed by atoms with Crippen LogP contribution in [0, 0.1) is 12.3 Å². The molecule has 2 saturated heterocycles. The van der Waals surface area contributed by atoms with Crippen LogP contribution in [0.15, 0.2) is 33.5 Å². The predicted molar refractivity (Wildman–Crippen MR) is 137 cm³/mol. The predicted octanol–water partition coefficient (Wildman–Crippen LogP) is -0.234. The number of thiazole rings is 1. The van der Waals surface area contributed by atoms with E-state index in [-0.39, 0.29) is 22.3 Å². The van der Waals surface area contributed by atoms with E-state index < -0.39 is 58.9 Å². The lowest BCUT2D eigenvalue weighted by molar-refractivity contribution is -0.192. The van der Waals surface area contributed by atoms with Gasteiger partial charge in [-0.1, -0.05) is 11.2 Å². The van der Waals surface area contributed by atoms with Gasteiger partial charge < -0.3 is 31.8 Å². The number of ketones is 1. The highest BCUT2D eigenvalue weighted by Crippen LogP contribution is 2.41. The van der Waals surface area contributed by atoms with E-state index >= 15 is 0 Å². The number of nitrogen functional groups attached to an aromatic ring is 1. The van der Waals surface area contributed by atoms with Gasteiger partial charge in [0.2, 0.25) is 5.78 Å². The molecule has 4 rings (SSSR count). The van der Waals surface area contributed by atoms with E-state index in [0.29, 0.717) is 24.1 Å². The number of oxime groups is 1. The molecule has 1 unspecified atom stereocenters. The number of carbonyl (C=O) groups is 5. The Labute approximate surface area is 236 Å². The summed E-state index contributed by atoms with van der Waals surface area (Å²) in [6.45, 7) is 0.519. The van der Waals surface area contributed by atoms with Crippen molar-refractivity contribution in [2.75, 3.05) is 18.0 Å². The average Bonchev–Trinajstić information content (AvgIpc) is 3.55. The van der Waals surface area contributed by atoms with Gasteiger partial charge in [0.05, 0.1) is 0 Å². The van der Waals surface area contributed by atoms with Crippen molar-refractivity contribution in [1.29, 1.82) is 0 Å². The van der Waals surface area contributed by atoms with E-state index in [1.807, 2.05) is 0 Å². The second-order valence-electron chi connectivity index (χ2n) is 8.23.